The minimum atomic E-state index is -0.209. The molecule has 24 heavy (non-hydrogen) atoms. The Morgan fingerprint density at radius 3 is 2.29 bits per heavy atom. The van der Waals surface area contributed by atoms with Crippen LogP contribution in [0.2, 0.25) is 0 Å². The molecule has 124 valence electrons. The Balaban J connectivity index is 1.68. The summed E-state index contributed by atoms with van der Waals surface area (Å²) in [5.74, 6) is -0.208. The molecule has 0 saturated carbocycles. The topological polar surface area (TPSA) is 49.4 Å². The molecule has 1 fully saturated rings. The van der Waals surface area contributed by atoms with Crippen molar-refractivity contribution in [2.75, 3.05) is 19.6 Å². The van der Waals surface area contributed by atoms with E-state index in [9.17, 15) is 9.59 Å². The second-order valence-electron chi connectivity index (χ2n) is 6.04. The Labute approximate surface area is 142 Å². The van der Waals surface area contributed by atoms with E-state index in [0.717, 1.165) is 37.1 Å². The van der Waals surface area contributed by atoms with Crippen LogP contribution in [0, 0.1) is 0 Å². The lowest BCUT2D eigenvalue weighted by molar-refractivity contribution is -0.130. The fraction of sp³-hybridized carbons (Fsp3) is 0.300. The molecule has 2 aromatic rings. The molecular formula is C20H22N2O2. The predicted molar refractivity (Wildman–Crippen MR) is 94.6 cm³/mol. The van der Waals surface area contributed by atoms with Gasteiger partial charge >= 0.3 is 0 Å². The smallest absolute Gasteiger partial charge is 0.252 e. The standard InChI is InChI=1S/C20H22N2O2/c23-19(22-13-7-2-8-14-22)15-21-20(24)18-12-6-5-11-17(18)16-9-3-1-4-10-16/h1,3-6,9-12H,2,7-8,13-15H2,(H,21,24). The number of carbonyl (C=O) groups excluding carboxylic acids is 2. The molecule has 0 bridgehead atoms. The zero-order valence-electron chi connectivity index (χ0n) is 13.7. The fourth-order valence-corrected chi connectivity index (χ4v) is 3.06. The average Bonchev–Trinajstić information content (AvgIpc) is 2.67. The summed E-state index contributed by atoms with van der Waals surface area (Å²) in [7, 11) is 0. The summed E-state index contributed by atoms with van der Waals surface area (Å²) < 4.78 is 0. The van der Waals surface area contributed by atoms with E-state index in [2.05, 4.69) is 5.32 Å². The van der Waals surface area contributed by atoms with Gasteiger partial charge in [-0.15, -0.1) is 0 Å². The Morgan fingerprint density at radius 2 is 1.54 bits per heavy atom. The van der Waals surface area contributed by atoms with Crippen LogP contribution < -0.4 is 5.32 Å². The van der Waals surface area contributed by atoms with E-state index in [4.69, 9.17) is 0 Å². The first-order valence-electron chi connectivity index (χ1n) is 8.46. The Hall–Kier alpha value is -2.62. The average molecular weight is 322 g/mol. The van der Waals surface area contributed by atoms with Crippen molar-refractivity contribution < 1.29 is 9.59 Å². The highest BCUT2D eigenvalue weighted by Crippen LogP contribution is 2.23. The number of hydrogen-bond donors (Lipinski definition) is 1. The molecule has 0 radical (unpaired) electrons. The van der Waals surface area contributed by atoms with Gasteiger partial charge in [0, 0.05) is 18.7 Å². The minimum Gasteiger partial charge on any atom is -0.343 e. The van der Waals surface area contributed by atoms with Crippen LogP contribution in [0.15, 0.2) is 54.6 Å². The van der Waals surface area contributed by atoms with Crippen LogP contribution in [-0.4, -0.2) is 36.3 Å². The SMILES string of the molecule is O=C(NCC(=O)N1CCCCC1)c1ccccc1-c1ccccc1. The van der Waals surface area contributed by atoms with Crippen molar-refractivity contribution in [1.29, 1.82) is 0 Å². The second kappa shape index (κ2) is 7.77. The highest BCUT2D eigenvalue weighted by molar-refractivity contribution is 6.02. The van der Waals surface area contributed by atoms with Gasteiger partial charge in [0.1, 0.15) is 0 Å². The maximum Gasteiger partial charge on any atom is 0.252 e. The Kier molecular flexibility index (Phi) is 5.26. The molecule has 0 aliphatic carbocycles. The summed E-state index contributed by atoms with van der Waals surface area (Å²) in [6.45, 7) is 1.66. The summed E-state index contributed by atoms with van der Waals surface area (Å²) in [6.07, 6.45) is 3.29. The number of likely N-dealkylation sites (tertiary alicyclic amines) is 1. The Morgan fingerprint density at radius 1 is 0.875 bits per heavy atom. The highest BCUT2D eigenvalue weighted by Gasteiger charge is 2.18. The fourth-order valence-electron chi connectivity index (χ4n) is 3.06. The van der Waals surface area contributed by atoms with E-state index in [1.165, 1.54) is 6.42 Å². The zero-order chi connectivity index (χ0) is 16.8. The molecule has 2 aromatic carbocycles. The molecule has 4 heteroatoms. The second-order valence-corrected chi connectivity index (χ2v) is 6.04. The quantitative estimate of drug-likeness (QED) is 0.940. The van der Waals surface area contributed by atoms with Gasteiger partial charge in [-0.25, -0.2) is 0 Å². The van der Waals surface area contributed by atoms with Gasteiger partial charge in [0.15, 0.2) is 0 Å². The number of nitrogens with one attached hydrogen (secondary N) is 1. The number of carbonyl (C=O) groups is 2. The minimum absolute atomic E-state index is 0.000224. The lowest BCUT2D eigenvalue weighted by Crippen LogP contribution is -2.42. The van der Waals surface area contributed by atoms with Crippen LogP contribution in [0.3, 0.4) is 0 Å². The predicted octanol–water partition coefficient (Wildman–Crippen LogP) is 3.10. The number of rotatable bonds is 4. The van der Waals surface area contributed by atoms with Crippen LogP contribution in [-0.2, 0) is 4.79 Å². The van der Waals surface area contributed by atoms with Gasteiger partial charge in [0.05, 0.1) is 6.54 Å². The number of piperidine rings is 1. The molecule has 0 spiro atoms. The van der Waals surface area contributed by atoms with Crippen molar-refractivity contribution in [2.24, 2.45) is 0 Å². The maximum absolute atomic E-state index is 12.5. The molecule has 1 heterocycles. The third kappa shape index (κ3) is 3.82. The molecule has 0 atom stereocenters. The number of nitrogens with zero attached hydrogens (tertiary/aromatic N) is 1. The highest BCUT2D eigenvalue weighted by atomic mass is 16.2. The van der Waals surface area contributed by atoms with Gasteiger partial charge in [-0.3, -0.25) is 9.59 Å². The van der Waals surface area contributed by atoms with Crippen molar-refractivity contribution in [3.8, 4) is 11.1 Å². The molecule has 1 aliphatic heterocycles. The van der Waals surface area contributed by atoms with E-state index in [-0.39, 0.29) is 18.4 Å². The Bertz CT molecular complexity index is 707. The first kappa shape index (κ1) is 16.2. The lowest BCUT2D eigenvalue weighted by Gasteiger charge is -2.26. The third-order valence-corrected chi connectivity index (χ3v) is 4.37. The van der Waals surface area contributed by atoms with Crippen molar-refractivity contribution in [2.45, 2.75) is 19.3 Å². The van der Waals surface area contributed by atoms with Crippen LogP contribution in [0.5, 0.6) is 0 Å². The van der Waals surface area contributed by atoms with Crippen molar-refractivity contribution in [1.82, 2.24) is 10.2 Å². The van der Waals surface area contributed by atoms with Gasteiger partial charge < -0.3 is 10.2 Å². The molecule has 1 saturated heterocycles. The van der Waals surface area contributed by atoms with Gasteiger partial charge in [0.25, 0.3) is 5.91 Å². The van der Waals surface area contributed by atoms with E-state index >= 15 is 0 Å². The van der Waals surface area contributed by atoms with E-state index in [1.54, 1.807) is 6.07 Å². The summed E-state index contributed by atoms with van der Waals surface area (Å²) >= 11 is 0. The molecular weight excluding hydrogens is 300 g/mol. The number of hydrogen-bond acceptors (Lipinski definition) is 2. The van der Waals surface area contributed by atoms with Gasteiger partial charge in [0.2, 0.25) is 5.91 Å². The first-order valence-corrected chi connectivity index (χ1v) is 8.46. The monoisotopic (exact) mass is 322 g/mol. The largest absolute Gasteiger partial charge is 0.343 e. The first-order chi connectivity index (χ1) is 11.8. The van der Waals surface area contributed by atoms with Crippen LogP contribution in [0.25, 0.3) is 11.1 Å². The molecule has 0 unspecified atom stereocenters. The number of benzene rings is 2. The third-order valence-electron chi connectivity index (χ3n) is 4.37. The molecule has 3 rings (SSSR count). The van der Waals surface area contributed by atoms with Gasteiger partial charge in [-0.05, 0) is 36.5 Å². The molecule has 1 N–H and O–H groups in total. The van der Waals surface area contributed by atoms with Crippen molar-refractivity contribution in [3.05, 3.63) is 60.2 Å². The number of amides is 2. The summed E-state index contributed by atoms with van der Waals surface area (Å²) in [5, 5.41) is 2.78. The molecule has 4 nitrogen and oxygen atoms in total. The summed E-state index contributed by atoms with van der Waals surface area (Å²) in [6, 6.07) is 17.3. The summed E-state index contributed by atoms with van der Waals surface area (Å²) in [4.78, 5) is 26.6. The maximum atomic E-state index is 12.5. The lowest BCUT2D eigenvalue weighted by atomic mass is 9.99. The van der Waals surface area contributed by atoms with Crippen LogP contribution >= 0.6 is 0 Å². The van der Waals surface area contributed by atoms with E-state index in [0.29, 0.717) is 5.56 Å². The van der Waals surface area contributed by atoms with Crippen molar-refractivity contribution in [3.63, 3.8) is 0 Å². The summed E-state index contributed by atoms with van der Waals surface area (Å²) in [5.41, 5.74) is 2.46. The van der Waals surface area contributed by atoms with E-state index in [1.807, 2.05) is 53.4 Å². The molecule has 0 aromatic heterocycles. The van der Waals surface area contributed by atoms with Crippen LogP contribution in [0.1, 0.15) is 29.6 Å². The zero-order valence-corrected chi connectivity index (χ0v) is 13.7. The van der Waals surface area contributed by atoms with Gasteiger partial charge in [-0.1, -0.05) is 48.5 Å². The van der Waals surface area contributed by atoms with E-state index < -0.39 is 0 Å². The molecule has 2 amide bonds. The van der Waals surface area contributed by atoms with Crippen LogP contribution in [0.4, 0.5) is 0 Å². The van der Waals surface area contributed by atoms with Crippen molar-refractivity contribution >= 4 is 11.8 Å². The normalized spacial score (nSPS) is 14.2. The van der Waals surface area contributed by atoms with Gasteiger partial charge in [-0.2, -0.15) is 0 Å². The molecule has 1 aliphatic rings.